The lowest BCUT2D eigenvalue weighted by Crippen LogP contribution is -2.48. The van der Waals surface area contributed by atoms with Gasteiger partial charge in [0.05, 0.1) is 25.3 Å². The van der Waals surface area contributed by atoms with Crippen LogP contribution in [0, 0.1) is 13.8 Å². The van der Waals surface area contributed by atoms with Crippen molar-refractivity contribution in [3.05, 3.63) is 45.2 Å². The summed E-state index contributed by atoms with van der Waals surface area (Å²) >= 11 is 5.86. The number of aryl methyl sites for hydroxylation is 2. The molecule has 1 saturated heterocycles. The number of benzene rings is 1. The third kappa shape index (κ3) is 5.88. The first-order chi connectivity index (χ1) is 15.5. The van der Waals surface area contributed by atoms with Crippen molar-refractivity contribution < 1.29 is 4.74 Å². The van der Waals surface area contributed by atoms with Gasteiger partial charge in [-0.15, -0.1) is 0 Å². The number of morpholine rings is 1. The molecule has 1 aromatic heterocycles. The van der Waals surface area contributed by atoms with Crippen LogP contribution in [0.5, 0.6) is 0 Å². The first-order valence-electron chi connectivity index (χ1n) is 12.0. The second kappa shape index (κ2) is 10.8. The molecule has 1 aromatic carbocycles. The van der Waals surface area contributed by atoms with Gasteiger partial charge in [-0.3, -0.25) is 9.69 Å². The predicted octanol–water partition coefficient (Wildman–Crippen LogP) is 3.49. The second-order valence-corrected chi connectivity index (χ2v) is 9.72. The third-order valence-electron chi connectivity index (χ3n) is 6.74. The fourth-order valence-corrected chi connectivity index (χ4v) is 5.23. The normalized spacial score (nSPS) is 18.1. The minimum atomic E-state index is -0.0266. The van der Waals surface area contributed by atoms with Gasteiger partial charge in [-0.2, -0.15) is 0 Å². The van der Waals surface area contributed by atoms with Gasteiger partial charge in [-0.1, -0.05) is 30.9 Å². The number of nitrogens with one attached hydrogen (secondary N) is 2. The molecule has 174 valence electrons. The maximum atomic E-state index is 13.0. The van der Waals surface area contributed by atoms with Crippen LogP contribution in [0.3, 0.4) is 0 Å². The van der Waals surface area contributed by atoms with Crippen molar-refractivity contribution in [3.63, 3.8) is 0 Å². The molecule has 4 rings (SSSR count). The van der Waals surface area contributed by atoms with Crippen molar-refractivity contribution in [1.29, 1.82) is 0 Å². The van der Waals surface area contributed by atoms with E-state index in [0.29, 0.717) is 12.6 Å². The van der Waals surface area contributed by atoms with Crippen molar-refractivity contribution in [2.24, 2.45) is 0 Å². The molecular formula is C25H36N4O2S. The lowest BCUT2D eigenvalue weighted by Gasteiger charge is -2.33. The molecule has 1 aliphatic carbocycles. The van der Waals surface area contributed by atoms with E-state index in [1.54, 1.807) is 0 Å². The molecule has 1 aliphatic heterocycles. The van der Waals surface area contributed by atoms with Crippen LogP contribution in [0.15, 0.2) is 23.0 Å². The number of ether oxygens (including phenoxy) is 1. The van der Waals surface area contributed by atoms with Crippen LogP contribution in [0.4, 0.5) is 0 Å². The van der Waals surface area contributed by atoms with E-state index in [4.69, 9.17) is 17.0 Å². The molecule has 1 saturated carbocycles. The Morgan fingerprint density at radius 1 is 1.19 bits per heavy atom. The molecule has 0 unspecified atom stereocenters. The number of hydrogen-bond donors (Lipinski definition) is 2. The van der Waals surface area contributed by atoms with E-state index in [2.05, 4.69) is 39.2 Å². The molecule has 32 heavy (non-hydrogen) atoms. The van der Waals surface area contributed by atoms with Crippen LogP contribution in [0.25, 0.3) is 10.9 Å². The Hall–Kier alpha value is -1.96. The van der Waals surface area contributed by atoms with Crippen LogP contribution in [0.1, 0.15) is 48.8 Å². The molecule has 0 bridgehead atoms. The molecule has 2 N–H and O–H groups in total. The van der Waals surface area contributed by atoms with Crippen LogP contribution in [0.2, 0.25) is 0 Å². The highest BCUT2D eigenvalue weighted by molar-refractivity contribution is 7.80. The summed E-state index contributed by atoms with van der Waals surface area (Å²) in [5.74, 6) is 0. The van der Waals surface area contributed by atoms with Gasteiger partial charge >= 0.3 is 0 Å². The molecule has 0 spiro atoms. The standard InChI is InChI=1S/C25H36N4O2S/c1-18-14-19(2)23-20(15-18)16-21(24(30)27-23)17-29(9-8-28-10-12-31-13-11-28)25(32)26-22-6-4-3-5-7-22/h14-16,22H,3-13,17H2,1-2H3,(H,26,32)(H,27,30). The number of rotatable bonds is 6. The summed E-state index contributed by atoms with van der Waals surface area (Å²) in [6.45, 7) is 9.83. The maximum Gasteiger partial charge on any atom is 0.253 e. The number of pyridine rings is 1. The van der Waals surface area contributed by atoms with E-state index in [1.165, 1.54) is 37.7 Å². The van der Waals surface area contributed by atoms with E-state index in [-0.39, 0.29) is 5.56 Å². The topological polar surface area (TPSA) is 60.6 Å². The Morgan fingerprint density at radius 3 is 2.69 bits per heavy atom. The molecule has 2 fully saturated rings. The number of aromatic nitrogens is 1. The van der Waals surface area contributed by atoms with Crippen LogP contribution in [-0.2, 0) is 11.3 Å². The summed E-state index contributed by atoms with van der Waals surface area (Å²) in [7, 11) is 0. The van der Waals surface area contributed by atoms with Crippen molar-refractivity contribution in [2.75, 3.05) is 39.4 Å². The number of hydrogen-bond acceptors (Lipinski definition) is 4. The van der Waals surface area contributed by atoms with Gasteiger partial charge < -0.3 is 19.9 Å². The Labute approximate surface area is 196 Å². The summed E-state index contributed by atoms with van der Waals surface area (Å²) in [6.07, 6.45) is 6.18. The lowest BCUT2D eigenvalue weighted by atomic mass is 9.96. The average molecular weight is 457 g/mol. The minimum absolute atomic E-state index is 0.0266. The minimum Gasteiger partial charge on any atom is -0.379 e. The Morgan fingerprint density at radius 2 is 1.94 bits per heavy atom. The van der Waals surface area contributed by atoms with Gasteiger partial charge in [-0.05, 0) is 62.0 Å². The first kappa shape index (κ1) is 23.2. The highest BCUT2D eigenvalue weighted by Gasteiger charge is 2.20. The number of nitrogens with zero attached hydrogens (tertiary/aromatic N) is 2. The molecule has 2 aromatic rings. The number of fused-ring (bicyclic) bond motifs is 1. The summed E-state index contributed by atoms with van der Waals surface area (Å²) in [5, 5.41) is 5.45. The summed E-state index contributed by atoms with van der Waals surface area (Å²) in [6, 6.07) is 6.73. The first-order valence-corrected chi connectivity index (χ1v) is 12.4. The van der Waals surface area contributed by atoms with Crippen molar-refractivity contribution in [1.82, 2.24) is 20.1 Å². The molecule has 2 heterocycles. The zero-order valence-corrected chi connectivity index (χ0v) is 20.2. The Balaban J connectivity index is 1.53. The lowest BCUT2D eigenvalue weighted by molar-refractivity contribution is 0.0356. The van der Waals surface area contributed by atoms with Crippen molar-refractivity contribution in [2.45, 2.75) is 58.5 Å². The third-order valence-corrected chi connectivity index (χ3v) is 7.12. The van der Waals surface area contributed by atoms with Gasteiger partial charge in [0.2, 0.25) is 0 Å². The van der Waals surface area contributed by atoms with Crippen LogP contribution < -0.4 is 10.9 Å². The van der Waals surface area contributed by atoms with E-state index in [0.717, 1.165) is 66.5 Å². The van der Waals surface area contributed by atoms with E-state index in [1.807, 2.05) is 13.0 Å². The molecule has 2 aliphatic rings. The highest BCUT2D eigenvalue weighted by atomic mass is 32.1. The fourth-order valence-electron chi connectivity index (χ4n) is 4.91. The Kier molecular flexibility index (Phi) is 7.81. The van der Waals surface area contributed by atoms with Gasteiger partial charge in [0.1, 0.15) is 0 Å². The Bertz CT molecular complexity index is 993. The van der Waals surface area contributed by atoms with Crippen molar-refractivity contribution in [3.8, 4) is 0 Å². The fraction of sp³-hybridized carbons (Fsp3) is 0.600. The smallest absolute Gasteiger partial charge is 0.253 e. The summed E-state index contributed by atoms with van der Waals surface area (Å²) < 4.78 is 5.49. The summed E-state index contributed by atoms with van der Waals surface area (Å²) in [4.78, 5) is 20.7. The predicted molar refractivity (Wildman–Crippen MR) is 134 cm³/mol. The highest BCUT2D eigenvalue weighted by Crippen LogP contribution is 2.20. The molecule has 0 radical (unpaired) electrons. The summed E-state index contributed by atoms with van der Waals surface area (Å²) in [5.41, 5.74) is 3.96. The van der Waals surface area contributed by atoms with E-state index >= 15 is 0 Å². The molecule has 0 atom stereocenters. The monoisotopic (exact) mass is 456 g/mol. The van der Waals surface area contributed by atoms with Gasteiger partial charge in [0.25, 0.3) is 5.56 Å². The molecule has 6 nitrogen and oxygen atoms in total. The van der Waals surface area contributed by atoms with Crippen LogP contribution >= 0.6 is 12.2 Å². The second-order valence-electron chi connectivity index (χ2n) is 9.33. The van der Waals surface area contributed by atoms with Gasteiger partial charge in [-0.25, -0.2) is 0 Å². The number of H-pyrrole nitrogens is 1. The molecular weight excluding hydrogens is 420 g/mol. The average Bonchev–Trinajstić information content (AvgIpc) is 2.78. The number of aromatic amines is 1. The van der Waals surface area contributed by atoms with Gasteiger partial charge in [0, 0.05) is 37.8 Å². The van der Waals surface area contributed by atoms with E-state index < -0.39 is 0 Å². The van der Waals surface area contributed by atoms with E-state index in [9.17, 15) is 4.79 Å². The van der Waals surface area contributed by atoms with Crippen molar-refractivity contribution >= 4 is 28.2 Å². The van der Waals surface area contributed by atoms with Gasteiger partial charge in [0.15, 0.2) is 5.11 Å². The molecule has 0 amide bonds. The zero-order chi connectivity index (χ0) is 22.5. The largest absolute Gasteiger partial charge is 0.379 e. The quantitative estimate of drug-likeness (QED) is 0.649. The molecule has 7 heteroatoms. The SMILES string of the molecule is Cc1cc(C)c2[nH]c(=O)c(CN(CCN3CCOCC3)C(=S)NC3CCCCC3)cc2c1. The zero-order valence-electron chi connectivity index (χ0n) is 19.4. The van der Waals surface area contributed by atoms with Crippen LogP contribution in [-0.4, -0.2) is 65.3 Å². The number of thiocarbonyl (C=S) groups is 1. The maximum absolute atomic E-state index is 13.0.